The van der Waals surface area contributed by atoms with Gasteiger partial charge in [-0.15, -0.1) is 0 Å². The molecule has 1 saturated carbocycles. The molecule has 1 heterocycles. The summed E-state index contributed by atoms with van der Waals surface area (Å²) in [5.41, 5.74) is 1.26. The summed E-state index contributed by atoms with van der Waals surface area (Å²) in [7, 11) is 0. The Bertz CT molecular complexity index is 491. The van der Waals surface area contributed by atoms with Crippen molar-refractivity contribution in [1.82, 2.24) is 4.90 Å². The minimum Gasteiger partial charge on any atom is -0.508 e. The molecule has 4 nitrogen and oxygen atoms in total. The number of amides is 1. The Morgan fingerprint density at radius 2 is 1.95 bits per heavy atom. The van der Waals surface area contributed by atoms with Crippen molar-refractivity contribution in [2.24, 2.45) is 5.92 Å². The van der Waals surface area contributed by atoms with Crippen LogP contribution in [0.4, 0.5) is 0 Å². The quantitative estimate of drug-likeness (QED) is 0.926. The lowest BCUT2D eigenvalue weighted by atomic mass is 9.89. The van der Waals surface area contributed by atoms with Gasteiger partial charge in [0.1, 0.15) is 5.75 Å². The van der Waals surface area contributed by atoms with E-state index in [4.69, 9.17) is 4.74 Å². The largest absolute Gasteiger partial charge is 0.508 e. The second kappa shape index (κ2) is 6.06. The molecule has 1 aromatic rings. The van der Waals surface area contributed by atoms with Gasteiger partial charge >= 0.3 is 0 Å². The molecule has 1 saturated heterocycles. The Labute approximate surface area is 125 Å². The molecule has 114 valence electrons. The van der Waals surface area contributed by atoms with Crippen LogP contribution in [0, 0.1) is 5.92 Å². The molecule has 2 fully saturated rings. The average molecular weight is 289 g/mol. The molecule has 4 heteroatoms. The van der Waals surface area contributed by atoms with Gasteiger partial charge in [0, 0.05) is 19.7 Å². The number of rotatable bonds is 4. The number of carbonyl (C=O) groups is 1. The van der Waals surface area contributed by atoms with Gasteiger partial charge in [-0.2, -0.15) is 0 Å². The summed E-state index contributed by atoms with van der Waals surface area (Å²) in [5.74, 6) is 1.19. The van der Waals surface area contributed by atoms with Crippen LogP contribution in [0.1, 0.15) is 37.7 Å². The van der Waals surface area contributed by atoms with Crippen LogP contribution in [0.15, 0.2) is 24.3 Å². The molecule has 21 heavy (non-hydrogen) atoms. The smallest absolute Gasteiger partial charge is 0.228 e. The number of likely N-dealkylation sites (tertiary alicyclic amines) is 1. The van der Waals surface area contributed by atoms with Crippen LogP contribution in [0.25, 0.3) is 0 Å². The molecule has 3 rings (SSSR count). The zero-order valence-corrected chi connectivity index (χ0v) is 12.5. The number of nitrogens with zero attached hydrogens (tertiary/aromatic N) is 1. The van der Waals surface area contributed by atoms with E-state index in [-0.39, 0.29) is 17.9 Å². The fourth-order valence-corrected chi connectivity index (χ4v) is 3.24. The van der Waals surface area contributed by atoms with Gasteiger partial charge in [0.25, 0.3) is 0 Å². The molecular weight excluding hydrogens is 266 g/mol. The molecule has 0 radical (unpaired) electrons. The zero-order valence-electron chi connectivity index (χ0n) is 12.5. The van der Waals surface area contributed by atoms with E-state index in [9.17, 15) is 9.90 Å². The van der Waals surface area contributed by atoms with E-state index in [1.165, 1.54) is 5.56 Å². The van der Waals surface area contributed by atoms with Crippen LogP contribution in [0.3, 0.4) is 0 Å². The van der Waals surface area contributed by atoms with Crippen LogP contribution >= 0.6 is 0 Å². The van der Waals surface area contributed by atoms with Crippen LogP contribution < -0.4 is 0 Å². The first-order valence-electron chi connectivity index (χ1n) is 7.88. The van der Waals surface area contributed by atoms with Crippen molar-refractivity contribution in [3.8, 4) is 5.75 Å². The molecule has 2 unspecified atom stereocenters. The molecule has 2 aliphatic rings. The second-order valence-corrected chi connectivity index (χ2v) is 6.03. The van der Waals surface area contributed by atoms with Crippen molar-refractivity contribution in [2.75, 3.05) is 19.7 Å². The maximum Gasteiger partial charge on any atom is 0.228 e. The predicted molar refractivity (Wildman–Crippen MR) is 80.2 cm³/mol. The molecular formula is C17H23NO3. The van der Waals surface area contributed by atoms with Crippen LogP contribution in [-0.4, -0.2) is 41.7 Å². The Hall–Kier alpha value is -1.55. The number of phenolic OH excluding ortho intramolecular Hbond substituents is 1. The van der Waals surface area contributed by atoms with Crippen molar-refractivity contribution in [3.63, 3.8) is 0 Å². The molecule has 2 atom stereocenters. The lowest BCUT2D eigenvalue weighted by molar-refractivity contribution is -0.134. The topological polar surface area (TPSA) is 49.8 Å². The molecule has 0 spiro atoms. The standard InChI is InChI=1S/C17H23NO3/c1-2-21-16-11-15(16)17(20)18-9-7-13(8-10-18)12-3-5-14(19)6-4-12/h3-6,13,15-16,19H,2,7-11H2,1H3. The van der Waals surface area contributed by atoms with Gasteiger partial charge in [0.15, 0.2) is 0 Å². The number of ether oxygens (including phenoxy) is 1. The van der Waals surface area contributed by atoms with Gasteiger partial charge in [-0.3, -0.25) is 4.79 Å². The van der Waals surface area contributed by atoms with Crippen molar-refractivity contribution >= 4 is 5.91 Å². The van der Waals surface area contributed by atoms with Gasteiger partial charge in [-0.05, 0) is 49.8 Å². The number of carbonyl (C=O) groups excluding carboxylic acids is 1. The van der Waals surface area contributed by atoms with Gasteiger partial charge < -0.3 is 14.7 Å². The van der Waals surface area contributed by atoms with E-state index in [0.29, 0.717) is 18.3 Å². The molecule has 1 amide bonds. The van der Waals surface area contributed by atoms with Gasteiger partial charge in [-0.25, -0.2) is 0 Å². The van der Waals surface area contributed by atoms with E-state index in [1.807, 2.05) is 24.0 Å². The molecule has 1 N–H and O–H groups in total. The Balaban J connectivity index is 1.51. The summed E-state index contributed by atoms with van der Waals surface area (Å²) < 4.78 is 5.51. The van der Waals surface area contributed by atoms with E-state index < -0.39 is 0 Å². The third-order valence-electron chi connectivity index (χ3n) is 4.60. The first-order chi connectivity index (χ1) is 10.2. The normalized spacial score (nSPS) is 25.9. The Morgan fingerprint density at radius 3 is 2.57 bits per heavy atom. The highest BCUT2D eigenvalue weighted by atomic mass is 16.5. The summed E-state index contributed by atoms with van der Waals surface area (Å²) in [5, 5.41) is 9.34. The highest BCUT2D eigenvalue weighted by Crippen LogP contribution is 2.37. The van der Waals surface area contributed by atoms with E-state index >= 15 is 0 Å². The fourth-order valence-electron chi connectivity index (χ4n) is 3.24. The van der Waals surface area contributed by atoms with E-state index in [2.05, 4.69) is 0 Å². The Kier molecular flexibility index (Phi) is 4.15. The third-order valence-corrected chi connectivity index (χ3v) is 4.60. The summed E-state index contributed by atoms with van der Waals surface area (Å²) in [6.45, 7) is 4.33. The van der Waals surface area contributed by atoms with Crippen LogP contribution in [0.5, 0.6) is 5.75 Å². The molecule has 1 aliphatic carbocycles. The highest BCUT2D eigenvalue weighted by Gasteiger charge is 2.46. The summed E-state index contributed by atoms with van der Waals surface area (Å²) in [6, 6.07) is 7.46. The fraction of sp³-hybridized carbons (Fsp3) is 0.588. The third kappa shape index (κ3) is 3.21. The number of phenols is 1. The minimum atomic E-state index is 0.107. The molecule has 1 aromatic carbocycles. The SMILES string of the molecule is CCOC1CC1C(=O)N1CCC(c2ccc(O)cc2)CC1. The zero-order chi connectivity index (χ0) is 14.8. The number of hydrogen-bond donors (Lipinski definition) is 1. The number of piperidine rings is 1. The van der Waals surface area contributed by atoms with E-state index in [0.717, 1.165) is 32.4 Å². The van der Waals surface area contributed by atoms with Crippen LogP contribution in [-0.2, 0) is 9.53 Å². The molecule has 0 aromatic heterocycles. The van der Waals surface area contributed by atoms with Gasteiger partial charge in [0.2, 0.25) is 5.91 Å². The first kappa shape index (κ1) is 14.4. The van der Waals surface area contributed by atoms with Gasteiger partial charge in [-0.1, -0.05) is 12.1 Å². The number of benzene rings is 1. The van der Waals surface area contributed by atoms with Crippen molar-refractivity contribution in [3.05, 3.63) is 29.8 Å². The maximum atomic E-state index is 12.3. The Morgan fingerprint density at radius 1 is 1.29 bits per heavy atom. The van der Waals surface area contributed by atoms with Gasteiger partial charge in [0.05, 0.1) is 12.0 Å². The summed E-state index contributed by atoms with van der Waals surface area (Å²) >= 11 is 0. The van der Waals surface area contributed by atoms with Crippen molar-refractivity contribution in [2.45, 2.75) is 38.2 Å². The predicted octanol–water partition coefficient (Wildman–Crippen LogP) is 2.52. The minimum absolute atomic E-state index is 0.107. The molecule has 0 bridgehead atoms. The highest BCUT2D eigenvalue weighted by molar-refractivity contribution is 5.82. The maximum absolute atomic E-state index is 12.3. The molecule has 1 aliphatic heterocycles. The van der Waals surface area contributed by atoms with Crippen molar-refractivity contribution in [1.29, 1.82) is 0 Å². The monoisotopic (exact) mass is 289 g/mol. The lowest BCUT2D eigenvalue weighted by Gasteiger charge is -2.32. The summed E-state index contributed by atoms with van der Waals surface area (Å²) in [4.78, 5) is 14.3. The number of hydrogen-bond acceptors (Lipinski definition) is 3. The first-order valence-corrected chi connectivity index (χ1v) is 7.88. The van der Waals surface area contributed by atoms with Crippen molar-refractivity contribution < 1.29 is 14.6 Å². The summed E-state index contributed by atoms with van der Waals surface area (Å²) in [6.07, 6.45) is 3.06. The van der Waals surface area contributed by atoms with Crippen LogP contribution in [0.2, 0.25) is 0 Å². The van der Waals surface area contributed by atoms with E-state index in [1.54, 1.807) is 12.1 Å². The lowest BCUT2D eigenvalue weighted by Crippen LogP contribution is -2.39. The number of aromatic hydroxyl groups is 1. The second-order valence-electron chi connectivity index (χ2n) is 6.03. The average Bonchev–Trinajstić information content (AvgIpc) is 3.27.